The number of aryl methyl sites for hydroxylation is 1. The maximum Gasteiger partial charge on any atom is 0.208 e. The molecule has 0 saturated heterocycles. The van der Waals surface area contributed by atoms with Crippen molar-refractivity contribution in [2.75, 3.05) is 5.32 Å². The third-order valence-corrected chi connectivity index (χ3v) is 5.05. The van der Waals surface area contributed by atoms with Gasteiger partial charge in [0.15, 0.2) is 0 Å². The highest BCUT2D eigenvalue weighted by Crippen LogP contribution is 2.31. The van der Waals surface area contributed by atoms with Crippen molar-refractivity contribution in [2.24, 2.45) is 7.05 Å². The molecule has 4 rings (SSSR count). The fourth-order valence-corrected chi connectivity index (χ4v) is 3.41. The van der Waals surface area contributed by atoms with Crippen molar-refractivity contribution in [3.05, 3.63) is 70.5 Å². The number of hydrogen-bond acceptors (Lipinski definition) is 5. The van der Waals surface area contributed by atoms with Gasteiger partial charge >= 0.3 is 0 Å². The van der Waals surface area contributed by atoms with E-state index in [9.17, 15) is 4.79 Å². The van der Waals surface area contributed by atoms with Gasteiger partial charge in [-0.1, -0.05) is 23.2 Å². The Morgan fingerprint density at radius 2 is 1.90 bits per heavy atom. The minimum absolute atomic E-state index is 0.0504. The van der Waals surface area contributed by atoms with Gasteiger partial charge in [0.1, 0.15) is 17.3 Å². The lowest BCUT2D eigenvalue weighted by Gasteiger charge is -2.08. The molecule has 2 aromatic heterocycles. The molecule has 0 saturated carbocycles. The molecule has 1 N–H and O–H groups in total. The number of carbonyl (C=O) groups excluding carboxylic acids is 1. The van der Waals surface area contributed by atoms with Crippen molar-refractivity contribution < 1.29 is 9.53 Å². The monoisotopic (exact) mass is 440 g/mol. The summed E-state index contributed by atoms with van der Waals surface area (Å²) in [6.07, 6.45) is 1.90. The van der Waals surface area contributed by atoms with Crippen LogP contribution < -0.4 is 10.1 Å². The number of carbonyl (C=O) groups is 1. The number of aromatic nitrogens is 3. The molecule has 8 heteroatoms. The molecular formula is C22H18Cl2N4O2. The lowest BCUT2D eigenvalue weighted by atomic mass is 10.2. The lowest BCUT2D eigenvalue weighted by molar-refractivity contribution is -0.116. The fraction of sp³-hybridized carbons (Fsp3) is 0.136. The molecule has 0 radical (unpaired) electrons. The van der Waals surface area contributed by atoms with E-state index in [0.29, 0.717) is 38.9 Å². The van der Waals surface area contributed by atoms with Crippen molar-refractivity contribution in [1.82, 2.24) is 14.5 Å². The number of ketones is 1. The van der Waals surface area contributed by atoms with E-state index in [-0.39, 0.29) is 12.2 Å². The molecule has 0 amide bonds. The SMILES string of the molecule is CC(=O)Cc1cc(Oc2ccc3c(c2)nc(Nc2cc(Cl)ccc2Cl)n3C)ccn1. The van der Waals surface area contributed by atoms with Crippen LogP contribution in [-0.4, -0.2) is 20.3 Å². The molecule has 0 unspecified atom stereocenters. The van der Waals surface area contributed by atoms with Crippen molar-refractivity contribution in [2.45, 2.75) is 13.3 Å². The minimum atomic E-state index is 0.0504. The van der Waals surface area contributed by atoms with Crippen LogP contribution >= 0.6 is 23.2 Å². The Hall–Kier alpha value is -3.09. The number of fused-ring (bicyclic) bond motifs is 1. The molecule has 2 aromatic carbocycles. The molecule has 0 bridgehead atoms. The zero-order valence-corrected chi connectivity index (χ0v) is 17.8. The number of benzene rings is 2. The first-order valence-corrected chi connectivity index (χ1v) is 9.95. The van der Waals surface area contributed by atoms with Crippen LogP contribution in [0.25, 0.3) is 11.0 Å². The molecule has 0 aliphatic heterocycles. The van der Waals surface area contributed by atoms with Crippen molar-refractivity contribution in [3.8, 4) is 11.5 Å². The molecule has 2 heterocycles. The lowest BCUT2D eigenvalue weighted by Crippen LogP contribution is -1.99. The van der Waals surface area contributed by atoms with E-state index in [1.54, 1.807) is 36.5 Å². The second-order valence-electron chi connectivity index (χ2n) is 6.86. The highest BCUT2D eigenvalue weighted by Gasteiger charge is 2.12. The molecule has 0 aliphatic rings. The fourth-order valence-electron chi connectivity index (χ4n) is 3.08. The van der Waals surface area contributed by atoms with Crippen LogP contribution in [0.5, 0.6) is 11.5 Å². The Bertz CT molecular complexity index is 1250. The summed E-state index contributed by atoms with van der Waals surface area (Å²) in [4.78, 5) is 20.2. The maximum atomic E-state index is 11.3. The summed E-state index contributed by atoms with van der Waals surface area (Å²) in [6.45, 7) is 1.53. The van der Waals surface area contributed by atoms with Gasteiger partial charge in [0, 0.05) is 36.8 Å². The zero-order valence-electron chi connectivity index (χ0n) is 16.3. The Labute approximate surface area is 183 Å². The van der Waals surface area contributed by atoms with Gasteiger partial charge in [0.05, 0.1) is 27.4 Å². The van der Waals surface area contributed by atoms with Gasteiger partial charge in [-0.05, 0) is 43.3 Å². The van der Waals surface area contributed by atoms with Crippen molar-refractivity contribution in [1.29, 1.82) is 0 Å². The molecule has 0 spiro atoms. The first-order valence-electron chi connectivity index (χ1n) is 9.20. The number of anilines is 2. The number of Topliss-reactive ketones (excluding diaryl/α,β-unsaturated/α-hetero) is 1. The van der Waals surface area contributed by atoms with Crippen LogP contribution in [-0.2, 0) is 18.3 Å². The zero-order chi connectivity index (χ0) is 21.3. The number of ether oxygens (including phenoxy) is 1. The van der Waals surface area contributed by atoms with Gasteiger partial charge in [-0.2, -0.15) is 0 Å². The molecule has 30 heavy (non-hydrogen) atoms. The summed E-state index contributed by atoms with van der Waals surface area (Å²) in [5, 5.41) is 4.35. The van der Waals surface area contributed by atoms with Gasteiger partial charge in [0.2, 0.25) is 5.95 Å². The van der Waals surface area contributed by atoms with Crippen molar-refractivity contribution in [3.63, 3.8) is 0 Å². The first-order chi connectivity index (χ1) is 14.4. The summed E-state index contributed by atoms with van der Waals surface area (Å²) >= 11 is 12.3. The summed E-state index contributed by atoms with van der Waals surface area (Å²) in [5.74, 6) is 1.92. The van der Waals surface area contributed by atoms with E-state index in [1.165, 1.54) is 6.92 Å². The van der Waals surface area contributed by atoms with Gasteiger partial charge < -0.3 is 14.6 Å². The van der Waals surface area contributed by atoms with Crippen LogP contribution in [0.3, 0.4) is 0 Å². The topological polar surface area (TPSA) is 69.0 Å². The van der Waals surface area contributed by atoms with E-state index in [4.69, 9.17) is 27.9 Å². The Morgan fingerprint density at radius 3 is 2.70 bits per heavy atom. The standard InChI is InChI=1S/C22H18Cl2N4O2/c1-13(29)9-15-11-17(7-8-25-15)30-16-4-6-21-20(12-16)27-22(28(21)2)26-19-10-14(23)3-5-18(19)24/h3-8,10-12H,9H2,1-2H3,(H,26,27). The van der Waals surface area contributed by atoms with Gasteiger partial charge in [-0.25, -0.2) is 4.98 Å². The number of nitrogens with zero attached hydrogens (tertiary/aromatic N) is 3. The normalized spacial score (nSPS) is 10.9. The Kier molecular flexibility index (Phi) is 5.61. The molecule has 152 valence electrons. The highest BCUT2D eigenvalue weighted by molar-refractivity contribution is 6.35. The van der Waals surface area contributed by atoms with Gasteiger partial charge in [0.25, 0.3) is 0 Å². The number of halogens is 2. The van der Waals surface area contributed by atoms with Crippen molar-refractivity contribution >= 4 is 51.7 Å². The molecule has 0 fully saturated rings. The summed E-state index contributed by atoms with van der Waals surface area (Å²) < 4.78 is 7.88. The van der Waals surface area contributed by atoms with Gasteiger partial charge in [-0.3, -0.25) is 9.78 Å². The van der Waals surface area contributed by atoms with E-state index >= 15 is 0 Å². The number of hydrogen-bond donors (Lipinski definition) is 1. The van der Waals surface area contributed by atoms with E-state index in [2.05, 4.69) is 15.3 Å². The quantitative estimate of drug-likeness (QED) is 0.401. The van der Waals surface area contributed by atoms with E-state index in [0.717, 1.165) is 11.0 Å². The molecule has 0 atom stereocenters. The minimum Gasteiger partial charge on any atom is -0.457 e. The average molecular weight is 441 g/mol. The highest BCUT2D eigenvalue weighted by atomic mass is 35.5. The number of pyridine rings is 1. The van der Waals surface area contributed by atoms with Crippen LogP contribution in [0.2, 0.25) is 10.0 Å². The van der Waals surface area contributed by atoms with Crippen LogP contribution in [0.15, 0.2) is 54.7 Å². The third-order valence-electron chi connectivity index (χ3n) is 4.48. The molecule has 0 aliphatic carbocycles. The molecular weight excluding hydrogens is 423 g/mol. The van der Waals surface area contributed by atoms with Crippen LogP contribution in [0.4, 0.5) is 11.6 Å². The Balaban J connectivity index is 1.60. The molecule has 6 nitrogen and oxygen atoms in total. The number of nitrogens with one attached hydrogen (secondary N) is 1. The second-order valence-corrected chi connectivity index (χ2v) is 7.70. The summed E-state index contributed by atoms with van der Waals surface area (Å²) in [7, 11) is 1.91. The smallest absolute Gasteiger partial charge is 0.208 e. The van der Waals surface area contributed by atoms with E-state index in [1.807, 2.05) is 29.8 Å². The average Bonchev–Trinajstić information content (AvgIpc) is 2.99. The summed E-state index contributed by atoms with van der Waals surface area (Å²) in [6, 6.07) is 14.4. The summed E-state index contributed by atoms with van der Waals surface area (Å²) in [5.41, 5.74) is 3.03. The van der Waals surface area contributed by atoms with E-state index < -0.39 is 0 Å². The number of imidazole rings is 1. The van der Waals surface area contributed by atoms with Crippen LogP contribution in [0, 0.1) is 0 Å². The maximum absolute atomic E-state index is 11.3. The van der Waals surface area contributed by atoms with Gasteiger partial charge in [-0.15, -0.1) is 0 Å². The Morgan fingerprint density at radius 1 is 1.10 bits per heavy atom. The predicted octanol–water partition coefficient (Wildman–Crippen LogP) is 5.94. The molecule has 4 aromatic rings. The second kappa shape index (κ2) is 8.34. The van der Waals surface area contributed by atoms with Crippen LogP contribution in [0.1, 0.15) is 12.6 Å². The third kappa shape index (κ3) is 4.40. The predicted molar refractivity (Wildman–Crippen MR) is 119 cm³/mol. The largest absolute Gasteiger partial charge is 0.457 e. The number of rotatable bonds is 6. The first kappa shape index (κ1) is 20.2.